The maximum absolute atomic E-state index is 12.4. The van der Waals surface area contributed by atoms with Crippen LogP contribution in [0, 0.1) is 6.92 Å². The molecule has 0 heterocycles. The lowest BCUT2D eigenvalue weighted by atomic mass is 10.1. The quantitative estimate of drug-likeness (QED) is 0.417. The van der Waals surface area contributed by atoms with Crippen LogP contribution in [-0.4, -0.2) is 25.2 Å². The molecule has 1 aromatic carbocycles. The summed E-state index contributed by atoms with van der Waals surface area (Å²) in [5.74, 6) is 0.895. The molecule has 0 saturated heterocycles. The molecule has 0 spiro atoms. The molecular weight excluding hydrogens is 403 g/mol. The average Bonchev–Trinajstić information content (AvgIpc) is 3.22. The molecule has 1 aliphatic carbocycles. The van der Waals surface area contributed by atoms with Crippen LogP contribution in [0.3, 0.4) is 0 Å². The van der Waals surface area contributed by atoms with Crippen molar-refractivity contribution in [2.75, 3.05) is 6.54 Å². The zero-order valence-corrected chi connectivity index (χ0v) is 15.1. The van der Waals surface area contributed by atoms with E-state index in [9.17, 15) is 8.78 Å². The highest BCUT2D eigenvalue weighted by atomic mass is 127. The molecule has 7 heteroatoms. The number of hydrogen-bond acceptors (Lipinski definition) is 2. The Morgan fingerprint density at radius 2 is 2.14 bits per heavy atom. The van der Waals surface area contributed by atoms with Crippen LogP contribution in [0.5, 0.6) is 5.75 Å². The van der Waals surface area contributed by atoms with Gasteiger partial charge in [-0.2, -0.15) is 8.78 Å². The summed E-state index contributed by atoms with van der Waals surface area (Å²) >= 11 is 0. The third-order valence-electron chi connectivity index (χ3n) is 3.10. The highest BCUT2D eigenvalue weighted by Crippen LogP contribution is 2.23. The summed E-state index contributed by atoms with van der Waals surface area (Å²) in [5.41, 5.74) is 1.64. The van der Waals surface area contributed by atoms with E-state index >= 15 is 0 Å². The summed E-state index contributed by atoms with van der Waals surface area (Å²) in [6.07, 6.45) is 2.29. The Hall–Kier alpha value is -1.12. The fraction of sp³-hybridized carbons (Fsp3) is 0.533. The van der Waals surface area contributed by atoms with Crippen molar-refractivity contribution in [3.05, 3.63) is 29.3 Å². The maximum Gasteiger partial charge on any atom is 0.387 e. The Morgan fingerprint density at radius 3 is 2.73 bits per heavy atom. The minimum absolute atomic E-state index is 0. The molecule has 2 rings (SSSR count). The summed E-state index contributed by atoms with van der Waals surface area (Å²) in [4.78, 5) is 4.44. The van der Waals surface area contributed by atoms with E-state index in [-0.39, 0.29) is 29.7 Å². The van der Waals surface area contributed by atoms with Gasteiger partial charge < -0.3 is 15.4 Å². The number of rotatable bonds is 6. The van der Waals surface area contributed by atoms with Crippen molar-refractivity contribution in [1.82, 2.24) is 10.6 Å². The highest BCUT2D eigenvalue weighted by molar-refractivity contribution is 14.0. The van der Waals surface area contributed by atoms with Crippen LogP contribution >= 0.6 is 24.0 Å². The van der Waals surface area contributed by atoms with Crippen molar-refractivity contribution >= 4 is 29.9 Å². The van der Waals surface area contributed by atoms with E-state index in [1.165, 1.54) is 0 Å². The fourth-order valence-corrected chi connectivity index (χ4v) is 1.95. The summed E-state index contributed by atoms with van der Waals surface area (Å²) < 4.78 is 29.4. The van der Waals surface area contributed by atoms with E-state index < -0.39 is 6.61 Å². The maximum atomic E-state index is 12.4. The number of aryl methyl sites for hydroxylation is 1. The Kier molecular flexibility index (Phi) is 7.84. The fourth-order valence-electron chi connectivity index (χ4n) is 1.95. The van der Waals surface area contributed by atoms with Gasteiger partial charge >= 0.3 is 6.61 Å². The predicted molar refractivity (Wildman–Crippen MR) is 94.2 cm³/mol. The molecule has 1 saturated carbocycles. The SMILES string of the molecule is CCNC(=NCc1cc(C)ccc1OC(F)F)NC1CC1.I. The monoisotopic (exact) mass is 425 g/mol. The Bertz CT molecular complexity index is 508. The van der Waals surface area contributed by atoms with Gasteiger partial charge in [-0.25, -0.2) is 4.99 Å². The van der Waals surface area contributed by atoms with Crippen LogP contribution in [0.2, 0.25) is 0 Å². The topological polar surface area (TPSA) is 45.7 Å². The van der Waals surface area contributed by atoms with E-state index in [1.807, 2.05) is 19.9 Å². The Labute approximate surface area is 146 Å². The molecule has 124 valence electrons. The molecule has 0 aromatic heterocycles. The largest absolute Gasteiger partial charge is 0.434 e. The first-order chi connectivity index (χ1) is 10.1. The second kappa shape index (κ2) is 9.12. The number of halogens is 3. The Morgan fingerprint density at radius 1 is 1.41 bits per heavy atom. The van der Waals surface area contributed by atoms with Gasteiger partial charge in [0.05, 0.1) is 6.54 Å². The number of nitrogens with one attached hydrogen (secondary N) is 2. The molecule has 0 atom stereocenters. The van der Waals surface area contributed by atoms with Gasteiger partial charge in [0.1, 0.15) is 5.75 Å². The average molecular weight is 425 g/mol. The first kappa shape index (κ1) is 18.9. The van der Waals surface area contributed by atoms with E-state index in [4.69, 9.17) is 0 Å². The summed E-state index contributed by atoms with van der Waals surface area (Å²) in [6, 6.07) is 5.62. The van der Waals surface area contributed by atoms with Gasteiger partial charge in [-0.3, -0.25) is 0 Å². The van der Waals surface area contributed by atoms with Gasteiger partial charge in [0.2, 0.25) is 0 Å². The minimum Gasteiger partial charge on any atom is -0.434 e. The lowest BCUT2D eigenvalue weighted by Crippen LogP contribution is -2.38. The van der Waals surface area contributed by atoms with Gasteiger partial charge in [-0.1, -0.05) is 17.7 Å². The van der Waals surface area contributed by atoms with Crippen LogP contribution in [0.1, 0.15) is 30.9 Å². The van der Waals surface area contributed by atoms with Crippen molar-refractivity contribution in [2.45, 2.75) is 45.9 Å². The van der Waals surface area contributed by atoms with Crippen molar-refractivity contribution in [3.63, 3.8) is 0 Å². The third kappa shape index (κ3) is 6.33. The second-order valence-corrected chi connectivity index (χ2v) is 5.10. The van der Waals surface area contributed by atoms with E-state index in [0.29, 0.717) is 24.1 Å². The summed E-state index contributed by atoms with van der Waals surface area (Å²) in [6.45, 7) is 2.13. The zero-order chi connectivity index (χ0) is 15.2. The van der Waals surface area contributed by atoms with Crippen LogP contribution in [0.25, 0.3) is 0 Å². The van der Waals surface area contributed by atoms with E-state index in [0.717, 1.165) is 24.9 Å². The van der Waals surface area contributed by atoms with Gasteiger partial charge in [0.25, 0.3) is 0 Å². The minimum atomic E-state index is -2.83. The summed E-state index contributed by atoms with van der Waals surface area (Å²) in [5, 5.41) is 6.44. The Balaban J connectivity index is 0.00000242. The molecule has 1 aliphatic rings. The molecule has 0 amide bonds. The van der Waals surface area contributed by atoms with Crippen LogP contribution in [0.15, 0.2) is 23.2 Å². The molecular formula is C15H22F2IN3O. The molecule has 1 aromatic rings. The predicted octanol–water partition coefficient (Wildman–Crippen LogP) is 3.43. The first-order valence-corrected chi connectivity index (χ1v) is 7.17. The lowest BCUT2D eigenvalue weighted by molar-refractivity contribution is -0.0504. The first-order valence-electron chi connectivity index (χ1n) is 7.17. The van der Waals surface area contributed by atoms with Gasteiger partial charge in [0, 0.05) is 18.2 Å². The van der Waals surface area contributed by atoms with Crippen LogP contribution < -0.4 is 15.4 Å². The number of nitrogens with zero attached hydrogens (tertiary/aromatic N) is 1. The standard InChI is InChI=1S/C15H21F2N3O.HI/c1-3-18-15(20-12-5-6-12)19-9-11-8-10(2)4-7-13(11)21-14(16)17;/h4,7-8,12,14H,3,5-6,9H2,1-2H3,(H2,18,19,20);1H. The molecule has 0 radical (unpaired) electrons. The van der Waals surface area contributed by atoms with E-state index in [2.05, 4.69) is 20.4 Å². The summed E-state index contributed by atoms with van der Waals surface area (Å²) in [7, 11) is 0. The van der Waals surface area contributed by atoms with Crippen molar-refractivity contribution in [3.8, 4) is 5.75 Å². The number of benzene rings is 1. The van der Waals surface area contributed by atoms with E-state index in [1.54, 1.807) is 12.1 Å². The number of hydrogen-bond donors (Lipinski definition) is 2. The lowest BCUT2D eigenvalue weighted by Gasteiger charge is -2.12. The molecule has 2 N–H and O–H groups in total. The zero-order valence-electron chi connectivity index (χ0n) is 12.7. The van der Waals surface area contributed by atoms with Crippen molar-refractivity contribution in [1.29, 1.82) is 0 Å². The molecule has 0 bridgehead atoms. The van der Waals surface area contributed by atoms with Gasteiger partial charge in [-0.15, -0.1) is 24.0 Å². The van der Waals surface area contributed by atoms with Crippen molar-refractivity contribution in [2.24, 2.45) is 4.99 Å². The third-order valence-corrected chi connectivity index (χ3v) is 3.10. The number of guanidine groups is 1. The molecule has 0 aliphatic heterocycles. The molecule has 22 heavy (non-hydrogen) atoms. The smallest absolute Gasteiger partial charge is 0.387 e. The normalized spacial score (nSPS) is 14.5. The van der Waals surface area contributed by atoms with Crippen LogP contribution in [-0.2, 0) is 6.54 Å². The molecule has 0 unspecified atom stereocenters. The molecule has 4 nitrogen and oxygen atoms in total. The van der Waals surface area contributed by atoms with Gasteiger partial charge in [0.15, 0.2) is 5.96 Å². The molecule has 1 fully saturated rings. The van der Waals surface area contributed by atoms with Gasteiger partial charge in [-0.05, 0) is 32.8 Å². The number of aliphatic imine (C=N–C) groups is 1. The number of alkyl halides is 2. The van der Waals surface area contributed by atoms with Crippen molar-refractivity contribution < 1.29 is 13.5 Å². The second-order valence-electron chi connectivity index (χ2n) is 5.10. The highest BCUT2D eigenvalue weighted by Gasteiger charge is 2.22. The van der Waals surface area contributed by atoms with Crippen LogP contribution in [0.4, 0.5) is 8.78 Å². The number of ether oxygens (including phenoxy) is 1.